The van der Waals surface area contributed by atoms with Gasteiger partial charge in [-0.1, -0.05) is 11.6 Å². The fraction of sp³-hybridized carbons (Fsp3) is 0. The van der Waals surface area contributed by atoms with E-state index in [-0.39, 0.29) is 21.0 Å². The van der Waals surface area contributed by atoms with E-state index in [9.17, 15) is 12.8 Å². The average molecular weight is 322 g/mol. The summed E-state index contributed by atoms with van der Waals surface area (Å²) in [6, 6.07) is 4.28. The summed E-state index contributed by atoms with van der Waals surface area (Å²) in [5.41, 5.74) is 0. The van der Waals surface area contributed by atoms with E-state index < -0.39 is 15.8 Å². The number of halogens is 3. The minimum Gasteiger partial charge on any atom is -0.263 e. The third kappa shape index (κ3) is 3.31. The predicted molar refractivity (Wildman–Crippen MR) is 69.3 cm³/mol. The molecule has 0 radical (unpaired) electrons. The highest BCUT2D eigenvalue weighted by Crippen LogP contribution is 2.24. The van der Waals surface area contributed by atoms with Crippen LogP contribution >= 0.6 is 23.2 Å². The zero-order valence-corrected chi connectivity index (χ0v) is 11.5. The Bertz CT molecular complexity index is 724. The van der Waals surface area contributed by atoms with Crippen LogP contribution in [-0.4, -0.2) is 18.4 Å². The van der Waals surface area contributed by atoms with Crippen LogP contribution in [0.3, 0.4) is 0 Å². The topological polar surface area (TPSA) is 72.0 Å². The van der Waals surface area contributed by atoms with Crippen molar-refractivity contribution in [2.45, 2.75) is 4.90 Å². The molecule has 0 unspecified atom stereocenters. The van der Waals surface area contributed by atoms with Crippen LogP contribution in [-0.2, 0) is 10.0 Å². The molecule has 1 heterocycles. The highest BCUT2D eigenvalue weighted by Gasteiger charge is 2.19. The molecule has 1 N–H and O–H groups in total. The van der Waals surface area contributed by atoms with Crippen molar-refractivity contribution < 1.29 is 12.8 Å². The summed E-state index contributed by atoms with van der Waals surface area (Å²) in [4.78, 5) is 7.03. The van der Waals surface area contributed by atoms with E-state index in [1.54, 1.807) is 0 Å². The lowest BCUT2D eigenvalue weighted by atomic mass is 10.3. The van der Waals surface area contributed by atoms with Gasteiger partial charge in [-0.3, -0.25) is 4.72 Å². The molecule has 0 saturated carbocycles. The van der Waals surface area contributed by atoms with Crippen LogP contribution in [0.15, 0.2) is 35.4 Å². The number of hydrogen-bond donors (Lipinski definition) is 1. The molecule has 1 aromatic carbocycles. The summed E-state index contributed by atoms with van der Waals surface area (Å²) in [6.07, 6.45) is 1.29. The van der Waals surface area contributed by atoms with Gasteiger partial charge in [-0.25, -0.2) is 17.8 Å². The molecule has 2 rings (SSSR count). The molecule has 0 aliphatic carbocycles. The van der Waals surface area contributed by atoms with E-state index >= 15 is 0 Å². The van der Waals surface area contributed by atoms with Gasteiger partial charge in [0.05, 0.1) is 5.02 Å². The molecule has 5 nitrogen and oxygen atoms in total. The van der Waals surface area contributed by atoms with Gasteiger partial charge in [-0.15, -0.1) is 0 Å². The SMILES string of the molecule is O=S(=O)(Nc1ccnc(Cl)n1)c1ccc(F)cc1Cl. The molecule has 0 spiro atoms. The lowest BCUT2D eigenvalue weighted by molar-refractivity contribution is 0.599. The Morgan fingerprint density at radius 2 is 1.95 bits per heavy atom. The number of sulfonamides is 1. The van der Waals surface area contributed by atoms with E-state index in [1.165, 1.54) is 12.3 Å². The van der Waals surface area contributed by atoms with E-state index in [0.29, 0.717) is 0 Å². The third-order valence-corrected chi connectivity index (χ3v) is 4.07. The molecule has 1 aromatic heterocycles. The second kappa shape index (κ2) is 5.28. The molecule has 0 aliphatic heterocycles. The fourth-order valence-electron chi connectivity index (χ4n) is 1.28. The fourth-order valence-corrected chi connectivity index (χ4v) is 2.96. The highest BCUT2D eigenvalue weighted by atomic mass is 35.5. The lowest BCUT2D eigenvalue weighted by Crippen LogP contribution is -2.14. The van der Waals surface area contributed by atoms with Crippen molar-refractivity contribution in [3.05, 3.63) is 46.6 Å². The maximum atomic E-state index is 12.9. The first-order valence-electron chi connectivity index (χ1n) is 4.85. The lowest BCUT2D eigenvalue weighted by Gasteiger charge is -2.08. The Kier molecular flexibility index (Phi) is 3.88. The first kappa shape index (κ1) is 14.0. The van der Waals surface area contributed by atoms with Crippen molar-refractivity contribution >= 4 is 39.0 Å². The molecule has 2 aromatic rings. The van der Waals surface area contributed by atoms with Gasteiger partial charge in [0, 0.05) is 6.20 Å². The first-order valence-corrected chi connectivity index (χ1v) is 7.09. The minimum absolute atomic E-state index is 0.0135. The van der Waals surface area contributed by atoms with Crippen molar-refractivity contribution in [3.8, 4) is 0 Å². The monoisotopic (exact) mass is 321 g/mol. The zero-order valence-electron chi connectivity index (χ0n) is 9.14. The van der Waals surface area contributed by atoms with Gasteiger partial charge in [0.1, 0.15) is 16.5 Å². The van der Waals surface area contributed by atoms with Crippen molar-refractivity contribution in [1.29, 1.82) is 0 Å². The molecule has 0 fully saturated rings. The van der Waals surface area contributed by atoms with Crippen LogP contribution in [0.2, 0.25) is 10.3 Å². The Labute approximate surface area is 118 Å². The van der Waals surface area contributed by atoms with E-state index in [0.717, 1.165) is 18.2 Å². The van der Waals surface area contributed by atoms with Crippen molar-refractivity contribution in [1.82, 2.24) is 9.97 Å². The summed E-state index contributed by atoms with van der Waals surface area (Å²) in [6.45, 7) is 0. The van der Waals surface area contributed by atoms with Gasteiger partial charge in [0.15, 0.2) is 0 Å². The average Bonchev–Trinajstić information content (AvgIpc) is 2.27. The number of nitrogens with one attached hydrogen (secondary N) is 1. The van der Waals surface area contributed by atoms with E-state index in [2.05, 4.69) is 14.7 Å². The van der Waals surface area contributed by atoms with Gasteiger partial charge >= 0.3 is 0 Å². The number of nitrogens with zero attached hydrogens (tertiary/aromatic N) is 2. The summed E-state index contributed by atoms with van der Waals surface area (Å²) < 4.78 is 39.1. The molecule has 0 amide bonds. The largest absolute Gasteiger partial charge is 0.264 e. The molecule has 0 aliphatic rings. The smallest absolute Gasteiger partial charge is 0.263 e. The number of rotatable bonds is 3. The van der Waals surface area contributed by atoms with Crippen LogP contribution in [0.25, 0.3) is 0 Å². The maximum absolute atomic E-state index is 12.9. The quantitative estimate of drug-likeness (QED) is 0.882. The predicted octanol–water partition coefficient (Wildman–Crippen LogP) is 2.72. The third-order valence-electron chi connectivity index (χ3n) is 2.05. The van der Waals surface area contributed by atoms with Gasteiger partial charge in [0.25, 0.3) is 10.0 Å². The van der Waals surface area contributed by atoms with E-state index in [1.807, 2.05) is 0 Å². The summed E-state index contributed by atoms with van der Waals surface area (Å²) in [5, 5.41) is -0.335. The number of anilines is 1. The number of benzene rings is 1. The molecule has 19 heavy (non-hydrogen) atoms. The van der Waals surface area contributed by atoms with Crippen LogP contribution < -0.4 is 4.72 Å². The second-order valence-corrected chi connectivity index (χ2v) is 5.79. The van der Waals surface area contributed by atoms with Crippen molar-refractivity contribution in [3.63, 3.8) is 0 Å². The summed E-state index contributed by atoms with van der Waals surface area (Å²) in [5.74, 6) is -0.644. The van der Waals surface area contributed by atoms with Gasteiger partial charge in [-0.05, 0) is 35.9 Å². The van der Waals surface area contributed by atoms with Gasteiger partial charge < -0.3 is 0 Å². The molecular weight excluding hydrogens is 316 g/mol. The van der Waals surface area contributed by atoms with Gasteiger partial charge in [0.2, 0.25) is 5.28 Å². The summed E-state index contributed by atoms with van der Waals surface area (Å²) >= 11 is 11.2. The molecule has 100 valence electrons. The highest BCUT2D eigenvalue weighted by molar-refractivity contribution is 7.92. The van der Waals surface area contributed by atoms with E-state index in [4.69, 9.17) is 23.2 Å². The van der Waals surface area contributed by atoms with Crippen LogP contribution in [0.5, 0.6) is 0 Å². The Balaban J connectivity index is 2.38. The normalized spacial score (nSPS) is 11.3. The van der Waals surface area contributed by atoms with Crippen LogP contribution in [0.1, 0.15) is 0 Å². The Morgan fingerprint density at radius 3 is 2.58 bits per heavy atom. The molecule has 9 heteroatoms. The summed E-state index contributed by atoms with van der Waals surface area (Å²) in [7, 11) is -3.98. The van der Waals surface area contributed by atoms with Gasteiger partial charge in [-0.2, -0.15) is 4.98 Å². The minimum atomic E-state index is -3.98. The van der Waals surface area contributed by atoms with Crippen LogP contribution in [0, 0.1) is 5.82 Å². The molecular formula is C10H6Cl2FN3O2S. The zero-order chi connectivity index (χ0) is 14.0. The standard InChI is InChI=1S/C10H6Cl2FN3O2S/c11-7-5-6(13)1-2-8(7)19(17,18)16-9-3-4-14-10(12)15-9/h1-5H,(H,14,15,16). The van der Waals surface area contributed by atoms with Crippen LogP contribution in [0.4, 0.5) is 10.2 Å². The Hall–Kier alpha value is -1.44. The number of aromatic nitrogens is 2. The molecule has 0 atom stereocenters. The van der Waals surface area contributed by atoms with Crippen molar-refractivity contribution in [2.75, 3.05) is 4.72 Å². The first-order chi connectivity index (χ1) is 8.88. The second-order valence-electron chi connectivity index (χ2n) is 3.39. The Morgan fingerprint density at radius 1 is 1.21 bits per heavy atom. The van der Waals surface area contributed by atoms with Crippen molar-refractivity contribution in [2.24, 2.45) is 0 Å². The maximum Gasteiger partial charge on any atom is 0.264 e. The molecule has 0 bridgehead atoms. The number of hydrogen-bond acceptors (Lipinski definition) is 4. The molecule has 0 saturated heterocycles.